The molecule has 0 aliphatic carbocycles. The molecule has 0 saturated carbocycles. The highest BCUT2D eigenvalue weighted by atomic mass is 35.5. The molecule has 3 rings (SSSR count). The number of aryl methyl sites for hydroxylation is 2. The van der Waals surface area contributed by atoms with Crippen LogP contribution in [-0.4, -0.2) is 27.5 Å². The SMILES string of the molecule is CCCN(CCCc1ccc(F)cc1)Cc1nc2cccc(Cl)c2n1C. The van der Waals surface area contributed by atoms with E-state index in [-0.39, 0.29) is 5.82 Å². The Labute approximate surface area is 159 Å². The topological polar surface area (TPSA) is 21.1 Å². The molecule has 0 unspecified atom stereocenters. The molecule has 0 spiro atoms. The predicted octanol–water partition coefficient (Wildman–Crippen LogP) is 5.21. The van der Waals surface area contributed by atoms with Gasteiger partial charge in [-0.25, -0.2) is 9.37 Å². The molecule has 26 heavy (non-hydrogen) atoms. The van der Waals surface area contributed by atoms with Crippen molar-refractivity contribution in [2.24, 2.45) is 7.05 Å². The quantitative estimate of drug-likeness (QED) is 0.540. The number of hydrogen-bond acceptors (Lipinski definition) is 2. The van der Waals surface area contributed by atoms with E-state index in [2.05, 4.69) is 16.4 Å². The van der Waals surface area contributed by atoms with Crippen LogP contribution in [0.2, 0.25) is 5.02 Å². The Morgan fingerprint density at radius 2 is 1.88 bits per heavy atom. The summed E-state index contributed by atoms with van der Waals surface area (Å²) >= 11 is 6.33. The molecule has 0 atom stereocenters. The summed E-state index contributed by atoms with van der Waals surface area (Å²) in [6, 6.07) is 12.6. The minimum absolute atomic E-state index is 0.179. The summed E-state index contributed by atoms with van der Waals surface area (Å²) in [4.78, 5) is 7.20. The summed E-state index contributed by atoms with van der Waals surface area (Å²) in [5.41, 5.74) is 3.11. The van der Waals surface area contributed by atoms with Crippen molar-refractivity contribution in [3.8, 4) is 0 Å². The lowest BCUT2D eigenvalue weighted by Crippen LogP contribution is -2.27. The van der Waals surface area contributed by atoms with E-state index < -0.39 is 0 Å². The Morgan fingerprint density at radius 1 is 1.12 bits per heavy atom. The summed E-state index contributed by atoms with van der Waals surface area (Å²) in [7, 11) is 2.03. The van der Waals surface area contributed by atoms with Gasteiger partial charge in [-0.05, 0) is 62.2 Å². The van der Waals surface area contributed by atoms with Gasteiger partial charge in [0.1, 0.15) is 11.6 Å². The van der Waals surface area contributed by atoms with Crippen molar-refractivity contribution in [1.29, 1.82) is 0 Å². The fourth-order valence-corrected chi connectivity index (χ4v) is 3.65. The Hall–Kier alpha value is -1.91. The molecular weight excluding hydrogens is 349 g/mol. The van der Waals surface area contributed by atoms with Crippen LogP contribution in [0.1, 0.15) is 31.2 Å². The highest BCUT2D eigenvalue weighted by molar-refractivity contribution is 6.35. The highest BCUT2D eigenvalue weighted by Crippen LogP contribution is 2.24. The van der Waals surface area contributed by atoms with Gasteiger partial charge in [-0.15, -0.1) is 0 Å². The van der Waals surface area contributed by atoms with Crippen molar-refractivity contribution in [1.82, 2.24) is 14.5 Å². The van der Waals surface area contributed by atoms with E-state index in [4.69, 9.17) is 16.6 Å². The van der Waals surface area contributed by atoms with Gasteiger partial charge in [-0.3, -0.25) is 4.90 Å². The molecule has 0 fully saturated rings. The van der Waals surface area contributed by atoms with Crippen LogP contribution in [0.5, 0.6) is 0 Å². The summed E-state index contributed by atoms with van der Waals surface area (Å²) in [6.45, 7) is 5.01. The average Bonchev–Trinajstić information content (AvgIpc) is 2.94. The van der Waals surface area contributed by atoms with Crippen LogP contribution in [0.15, 0.2) is 42.5 Å². The minimum atomic E-state index is -0.179. The maximum atomic E-state index is 13.0. The molecule has 1 aromatic heterocycles. The maximum absolute atomic E-state index is 13.0. The Bertz CT molecular complexity index is 858. The standard InChI is InChI=1S/C21H25ClFN3/c1-3-13-26(14-5-6-16-9-11-17(23)12-10-16)15-20-24-19-8-4-7-18(22)21(19)25(20)2/h4,7-12H,3,5-6,13-15H2,1-2H3. The van der Waals surface area contributed by atoms with Crippen LogP contribution in [0, 0.1) is 5.82 Å². The van der Waals surface area contributed by atoms with Gasteiger partial charge in [0.05, 0.1) is 22.6 Å². The van der Waals surface area contributed by atoms with Crippen LogP contribution in [0.3, 0.4) is 0 Å². The third kappa shape index (κ3) is 4.43. The molecule has 0 amide bonds. The molecule has 0 saturated heterocycles. The monoisotopic (exact) mass is 373 g/mol. The summed E-state index contributed by atoms with van der Waals surface area (Å²) in [5.74, 6) is 0.852. The fraction of sp³-hybridized carbons (Fsp3) is 0.381. The maximum Gasteiger partial charge on any atom is 0.123 e. The number of nitrogens with zero attached hydrogens (tertiary/aromatic N) is 3. The van der Waals surface area contributed by atoms with Crippen molar-refractivity contribution in [3.05, 3.63) is 64.7 Å². The van der Waals surface area contributed by atoms with Gasteiger partial charge in [0.15, 0.2) is 0 Å². The molecule has 0 radical (unpaired) electrons. The number of fused-ring (bicyclic) bond motifs is 1. The van der Waals surface area contributed by atoms with E-state index in [9.17, 15) is 4.39 Å². The molecule has 2 aromatic carbocycles. The molecule has 0 aliphatic rings. The molecule has 0 N–H and O–H groups in total. The Balaban J connectivity index is 1.65. The first-order valence-electron chi connectivity index (χ1n) is 9.15. The zero-order chi connectivity index (χ0) is 18.5. The number of para-hydroxylation sites is 1. The zero-order valence-corrected chi connectivity index (χ0v) is 16.1. The van der Waals surface area contributed by atoms with E-state index in [1.165, 1.54) is 17.7 Å². The van der Waals surface area contributed by atoms with Crippen molar-refractivity contribution < 1.29 is 4.39 Å². The largest absolute Gasteiger partial charge is 0.329 e. The second-order valence-corrected chi connectivity index (χ2v) is 7.11. The van der Waals surface area contributed by atoms with Gasteiger partial charge in [-0.2, -0.15) is 0 Å². The Kier molecular flexibility index (Phi) is 6.28. The number of halogens is 2. The lowest BCUT2D eigenvalue weighted by molar-refractivity contribution is 0.254. The van der Waals surface area contributed by atoms with Crippen LogP contribution in [-0.2, 0) is 20.0 Å². The van der Waals surface area contributed by atoms with Gasteiger partial charge >= 0.3 is 0 Å². The summed E-state index contributed by atoms with van der Waals surface area (Å²) < 4.78 is 15.1. The van der Waals surface area contributed by atoms with Gasteiger partial charge < -0.3 is 4.57 Å². The lowest BCUT2D eigenvalue weighted by Gasteiger charge is -2.21. The van der Waals surface area contributed by atoms with Crippen LogP contribution in [0.4, 0.5) is 4.39 Å². The van der Waals surface area contributed by atoms with Gasteiger partial charge in [0, 0.05) is 7.05 Å². The zero-order valence-electron chi connectivity index (χ0n) is 15.4. The molecule has 0 bridgehead atoms. The third-order valence-corrected chi connectivity index (χ3v) is 5.00. The molecular formula is C21H25ClFN3. The normalized spacial score (nSPS) is 11.6. The van der Waals surface area contributed by atoms with Crippen LogP contribution < -0.4 is 0 Å². The van der Waals surface area contributed by atoms with Crippen molar-refractivity contribution >= 4 is 22.6 Å². The molecule has 3 nitrogen and oxygen atoms in total. The first-order valence-corrected chi connectivity index (χ1v) is 9.53. The minimum Gasteiger partial charge on any atom is -0.329 e. The molecule has 0 aliphatic heterocycles. The van der Waals surface area contributed by atoms with Crippen LogP contribution in [0.25, 0.3) is 11.0 Å². The van der Waals surface area contributed by atoms with E-state index >= 15 is 0 Å². The third-order valence-electron chi connectivity index (χ3n) is 4.70. The van der Waals surface area contributed by atoms with Crippen LogP contribution >= 0.6 is 11.6 Å². The molecule has 138 valence electrons. The van der Waals surface area contributed by atoms with Gasteiger partial charge in [0.25, 0.3) is 0 Å². The number of hydrogen-bond donors (Lipinski definition) is 0. The fourth-order valence-electron chi connectivity index (χ4n) is 3.35. The smallest absolute Gasteiger partial charge is 0.123 e. The van der Waals surface area contributed by atoms with Gasteiger partial charge in [0.2, 0.25) is 0 Å². The molecule has 1 heterocycles. The summed E-state index contributed by atoms with van der Waals surface area (Å²) in [6.07, 6.45) is 3.09. The first kappa shape index (κ1) is 18.9. The number of imidazole rings is 1. The number of rotatable bonds is 8. The summed E-state index contributed by atoms with van der Waals surface area (Å²) in [5, 5.41) is 0.738. The highest BCUT2D eigenvalue weighted by Gasteiger charge is 2.13. The Morgan fingerprint density at radius 3 is 2.58 bits per heavy atom. The second kappa shape index (κ2) is 8.65. The second-order valence-electron chi connectivity index (χ2n) is 6.70. The van der Waals surface area contributed by atoms with Crippen molar-refractivity contribution in [2.45, 2.75) is 32.7 Å². The average molecular weight is 374 g/mol. The number of benzene rings is 2. The van der Waals surface area contributed by atoms with Crippen molar-refractivity contribution in [3.63, 3.8) is 0 Å². The van der Waals surface area contributed by atoms with E-state index in [1.54, 1.807) is 0 Å². The van der Waals surface area contributed by atoms with E-state index in [0.717, 1.165) is 60.8 Å². The van der Waals surface area contributed by atoms with Gasteiger partial charge in [-0.1, -0.05) is 36.7 Å². The lowest BCUT2D eigenvalue weighted by atomic mass is 10.1. The number of aromatic nitrogens is 2. The van der Waals surface area contributed by atoms with E-state index in [0.29, 0.717) is 0 Å². The predicted molar refractivity (Wildman–Crippen MR) is 106 cm³/mol. The van der Waals surface area contributed by atoms with E-state index in [1.807, 2.05) is 37.4 Å². The first-order chi connectivity index (χ1) is 12.6. The molecule has 5 heteroatoms. The molecule has 3 aromatic rings. The van der Waals surface area contributed by atoms with Crippen molar-refractivity contribution in [2.75, 3.05) is 13.1 Å².